The van der Waals surface area contributed by atoms with Gasteiger partial charge in [0.25, 0.3) is 0 Å². The van der Waals surface area contributed by atoms with Gasteiger partial charge in [-0.1, -0.05) is 53.8 Å². The van der Waals surface area contributed by atoms with Crippen molar-refractivity contribution in [2.24, 2.45) is 5.10 Å². The maximum absolute atomic E-state index is 11.0. The number of carboxylic acid groups (broad SMARTS) is 1. The van der Waals surface area contributed by atoms with E-state index in [-0.39, 0.29) is 6.42 Å². The van der Waals surface area contributed by atoms with Gasteiger partial charge in [-0.25, -0.2) is 4.98 Å². The molecule has 2 aromatic carbocycles. The molecule has 0 bridgehead atoms. The van der Waals surface area contributed by atoms with Crippen molar-refractivity contribution in [3.63, 3.8) is 0 Å². The van der Waals surface area contributed by atoms with E-state index < -0.39 is 5.97 Å². The summed E-state index contributed by atoms with van der Waals surface area (Å²) in [5, 5.41) is 15.8. The van der Waals surface area contributed by atoms with Gasteiger partial charge in [0.05, 0.1) is 11.9 Å². The van der Waals surface area contributed by atoms with Crippen LogP contribution in [0.5, 0.6) is 0 Å². The molecule has 0 aliphatic heterocycles. The average molecular weight is 382 g/mol. The number of nitrogens with zero attached hydrogens (tertiary/aromatic N) is 2. The Hall–Kier alpha value is -2.64. The first-order valence-corrected chi connectivity index (χ1v) is 9.88. The van der Waals surface area contributed by atoms with Crippen LogP contribution in [0.15, 0.2) is 64.6 Å². The van der Waals surface area contributed by atoms with Crippen molar-refractivity contribution >= 4 is 40.4 Å². The molecule has 0 aliphatic rings. The van der Waals surface area contributed by atoms with E-state index in [1.807, 2.05) is 60.9 Å². The molecule has 132 valence electrons. The van der Waals surface area contributed by atoms with Gasteiger partial charge in [0.2, 0.25) is 5.13 Å². The number of benzene rings is 2. The third kappa shape index (κ3) is 4.71. The van der Waals surface area contributed by atoms with Crippen molar-refractivity contribution in [3.05, 3.63) is 65.0 Å². The largest absolute Gasteiger partial charge is 0.550 e. The third-order valence-electron chi connectivity index (χ3n) is 3.54. The molecule has 0 unspecified atom stereocenters. The molecule has 1 N–H and O–H groups in total. The third-order valence-corrected chi connectivity index (χ3v) is 5.24. The number of carbonyl (C=O) groups excluding carboxylic acids is 1. The van der Waals surface area contributed by atoms with Gasteiger partial charge < -0.3 is 9.90 Å². The lowest BCUT2D eigenvalue weighted by Gasteiger charge is -2.02. The molecular formula is C19H16N3O2S2-. The van der Waals surface area contributed by atoms with Crippen molar-refractivity contribution in [2.75, 3.05) is 11.7 Å². The van der Waals surface area contributed by atoms with Gasteiger partial charge in [0.15, 0.2) is 0 Å². The highest BCUT2D eigenvalue weighted by Crippen LogP contribution is 2.31. The molecule has 0 amide bonds. The second kappa shape index (κ2) is 8.64. The van der Waals surface area contributed by atoms with Gasteiger partial charge in [0, 0.05) is 27.7 Å². The van der Waals surface area contributed by atoms with Gasteiger partial charge in [-0.2, -0.15) is 5.10 Å². The molecule has 3 aromatic rings. The summed E-state index contributed by atoms with van der Waals surface area (Å²) in [6, 6.07) is 17.5. The van der Waals surface area contributed by atoms with Crippen LogP contribution in [0.25, 0.3) is 11.3 Å². The SMILES string of the molecule is CSc1ccc(/C=N\Nc2nc(-c3ccccc3)c(CC(=O)[O-])s2)cc1. The molecule has 0 spiro atoms. The Kier molecular flexibility index (Phi) is 6.04. The van der Waals surface area contributed by atoms with Crippen LogP contribution in [0.2, 0.25) is 0 Å². The number of hydrazone groups is 1. The lowest BCUT2D eigenvalue weighted by atomic mass is 10.1. The number of rotatable bonds is 7. The Morgan fingerprint density at radius 2 is 1.96 bits per heavy atom. The Morgan fingerprint density at radius 3 is 2.62 bits per heavy atom. The quantitative estimate of drug-likeness (QED) is 0.385. The molecule has 0 radical (unpaired) electrons. The van der Waals surface area contributed by atoms with Crippen molar-refractivity contribution in [1.29, 1.82) is 0 Å². The fourth-order valence-corrected chi connectivity index (χ4v) is 3.65. The topological polar surface area (TPSA) is 77.4 Å². The molecule has 0 saturated heterocycles. The summed E-state index contributed by atoms with van der Waals surface area (Å²) in [7, 11) is 0. The number of aliphatic carboxylic acids is 1. The first-order chi connectivity index (χ1) is 12.7. The van der Waals surface area contributed by atoms with Crippen LogP contribution in [-0.4, -0.2) is 23.4 Å². The van der Waals surface area contributed by atoms with Crippen molar-refractivity contribution in [2.45, 2.75) is 11.3 Å². The zero-order valence-electron chi connectivity index (χ0n) is 14.0. The average Bonchev–Trinajstić information content (AvgIpc) is 3.05. The Morgan fingerprint density at radius 1 is 1.23 bits per heavy atom. The smallest absolute Gasteiger partial charge is 0.204 e. The summed E-state index contributed by atoms with van der Waals surface area (Å²) in [5.74, 6) is -1.13. The van der Waals surface area contributed by atoms with Crippen LogP contribution < -0.4 is 10.5 Å². The number of anilines is 1. The van der Waals surface area contributed by atoms with E-state index in [9.17, 15) is 9.90 Å². The number of carboxylic acids is 1. The summed E-state index contributed by atoms with van der Waals surface area (Å²) < 4.78 is 0. The molecule has 1 aromatic heterocycles. The van der Waals surface area contributed by atoms with E-state index in [1.54, 1.807) is 18.0 Å². The Balaban J connectivity index is 1.78. The molecule has 1 heterocycles. The number of thioether (sulfide) groups is 1. The van der Waals surface area contributed by atoms with Crippen molar-refractivity contribution in [3.8, 4) is 11.3 Å². The molecule has 5 nitrogen and oxygen atoms in total. The highest BCUT2D eigenvalue weighted by atomic mass is 32.2. The number of carbonyl (C=O) groups is 1. The first-order valence-electron chi connectivity index (χ1n) is 7.84. The minimum absolute atomic E-state index is 0.177. The minimum Gasteiger partial charge on any atom is -0.550 e. The molecule has 0 atom stereocenters. The summed E-state index contributed by atoms with van der Waals surface area (Å²) in [4.78, 5) is 17.3. The zero-order valence-corrected chi connectivity index (χ0v) is 15.6. The lowest BCUT2D eigenvalue weighted by molar-refractivity contribution is -0.304. The van der Waals surface area contributed by atoms with Gasteiger partial charge in [-0.3, -0.25) is 5.43 Å². The van der Waals surface area contributed by atoms with Crippen LogP contribution >= 0.6 is 23.1 Å². The van der Waals surface area contributed by atoms with Gasteiger partial charge in [-0.05, 0) is 24.0 Å². The highest BCUT2D eigenvalue weighted by molar-refractivity contribution is 7.98. The Labute approximate surface area is 159 Å². The molecule has 3 rings (SSSR count). The van der Waals surface area contributed by atoms with Gasteiger partial charge >= 0.3 is 0 Å². The normalized spacial score (nSPS) is 11.0. The zero-order chi connectivity index (χ0) is 18.4. The second-order valence-electron chi connectivity index (χ2n) is 5.35. The fraction of sp³-hybridized carbons (Fsp3) is 0.105. The van der Waals surface area contributed by atoms with Gasteiger partial charge in [-0.15, -0.1) is 11.8 Å². The molecule has 0 aliphatic carbocycles. The maximum Gasteiger partial charge on any atom is 0.204 e. The monoisotopic (exact) mass is 382 g/mol. The van der Waals surface area contributed by atoms with E-state index in [2.05, 4.69) is 15.5 Å². The van der Waals surface area contributed by atoms with E-state index >= 15 is 0 Å². The fourth-order valence-electron chi connectivity index (χ4n) is 2.32. The highest BCUT2D eigenvalue weighted by Gasteiger charge is 2.13. The standard InChI is InChI=1S/C19H17N3O2S2/c1-25-15-9-7-13(8-10-15)12-20-22-19-21-18(14-5-3-2-4-6-14)16(26-19)11-17(23)24/h2-10,12H,11H2,1H3,(H,21,22)(H,23,24)/p-1/b20-12-. The van der Waals surface area contributed by atoms with E-state index in [0.717, 1.165) is 11.1 Å². The summed E-state index contributed by atoms with van der Waals surface area (Å²) in [6.45, 7) is 0. The number of hydrogen-bond donors (Lipinski definition) is 1. The summed E-state index contributed by atoms with van der Waals surface area (Å²) in [5.41, 5.74) is 5.35. The number of nitrogens with one attached hydrogen (secondary N) is 1. The van der Waals surface area contributed by atoms with Crippen LogP contribution in [0, 0.1) is 0 Å². The van der Waals surface area contributed by atoms with E-state index in [0.29, 0.717) is 15.7 Å². The van der Waals surface area contributed by atoms with Gasteiger partial charge in [0.1, 0.15) is 0 Å². The predicted molar refractivity (Wildman–Crippen MR) is 106 cm³/mol. The van der Waals surface area contributed by atoms with E-state index in [4.69, 9.17) is 0 Å². The second-order valence-corrected chi connectivity index (χ2v) is 7.31. The van der Waals surface area contributed by atoms with Crippen LogP contribution in [0.4, 0.5) is 5.13 Å². The summed E-state index contributed by atoms with van der Waals surface area (Å²) >= 11 is 2.95. The molecule has 7 heteroatoms. The van der Waals surface area contributed by atoms with Crippen molar-refractivity contribution in [1.82, 2.24) is 4.98 Å². The molecule has 26 heavy (non-hydrogen) atoms. The summed E-state index contributed by atoms with van der Waals surface area (Å²) in [6.07, 6.45) is 3.55. The van der Waals surface area contributed by atoms with Crippen LogP contribution in [0.1, 0.15) is 10.4 Å². The first kappa shape index (κ1) is 18.2. The number of thiazole rings is 1. The number of hydrogen-bond acceptors (Lipinski definition) is 7. The predicted octanol–water partition coefficient (Wildman–Crippen LogP) is 3.27. The minimum atomic E-state index is -1.13. The molecule has 0 fully saturated rings. The van der Waals surface area contributed by atoms with Crippen LogP contribution in [0.3, 0.4) is 0 Å². The van der Waals surface area contributed by atoms with Crippen LogP contribution in [-0.2, 0) is 11.2 Å². The molecule has 0 saturated carbocycles. The molecular weight excluding hydrogens is 366 g/mol. The van der Waals surface area contributed by atoms with Crippen molar-refractivity contribution < 1.29 is 9.90 Å². The van der Waals surface area contributed by atoms with E-state index in [1.165, 1.54) is 16.2 Å². The lowest BCUT2D eigenvalue weighted by Crippen LogP contribution is -2.24. The Bertz CT molecular complexity index is 906. The maximum atomic E-state index is 11.0. The number of aromatic nitrogens is 1.